The lowest BCUT2D eigenvalue weighted by Gasteiger charge is -2.07. The van der Waals surface area contributed by atoms with Crippen LogP contribution in [0.4, 0.5) is 0 Å². The van der Waals surface area contributed by atoms with Crippen molar-refractivity contribution in [2.24, 2.45) is 0 Å². The van der Waals surface area contributed by atoms with Crippen LogP contribution in [-0.2, 0) is 11.2 Å². The van der Waals surface area contributed by atoms with Gasteiger partial charge in [0.2, 0.25) is 12.7 Å². The Balaban J connectivity index is 1.38. The molecule has 2 amide bonds. The van der Waals surface area contributed by atoms with Crippen molar-refractivity contribution in [3.63, 3.8) is 0 Å². The molecule has 1 aliphatic rings. The van der Waals surface area contributed by atoms with Gasteiger partial charge in [-0.3, -0.25) is 9.59 Å². The second kappa shape index (κ2) is 6.87. The fraction of sp³-hybridized carbons (Fsp3) is 0.250. The molecule has 0 radical (unpaired) electrons. The summed E-state index contributed by atoms with van der Waals surface area (Å²) in [6.45, 7) is 0.612. The third-order valence-corrected chi connectivity index (χ3v) is 3.33. The molecule has 0 saturated heterocycles. The van der Waals surface area contributed by atoms with Gasteiger partial charge in [-0.15, -0.1) is 0 Å². The number of nitrogens with one attached hydrogen (secondary N) is 2. The summed E-state index contributed by atoms with van der Waals surface area (Å²) in [6.07, 6.45) is 2.06. The summed E-state index contributed by atoms with van der Waals surface area (Å²) in [5.41, 5.74) is 1.04. The lowest BCUT2D eigenvalue weighted by molar-refractivity contribution is -0.120. The van der Waals surface area contributed by atoms with Gasteiger partial charge in [0.1, 0.15) is 0 Å². The van der Waals surface area contributed by atoms with Crippen LogP contribution in [0.15, 0.2) is 41.0 Å². The maximum absolute atomic E-state index is 11.7. The predicted molar refractivity (Wildman–Crippen MR) is 80.3 cm³/mol. The second-order valence-electron chi connectivity index (χ2n) is 4.95. The summed E-state index contributed by atoms with van der Waals surface area (Å²) >= 11 is 0. The number of carbonyl (C=O) groups excluding carboxylic acids is 2. The normalized spacial score (nSPS) is 12.0. The zero-order valence-corrected chi connectivity index (χ0v) is 12.3. The monoisotopic (exact) mass is 316 g/mol. The molecule has 0 aliphatic carbocycles. The number of fused-ring (bicyclic) bond motifs is 1. The first-order valence-electron chi connectivity index (χ1n) is 7.19. The van der Waals surface area contributed by atoms with Gasteiger partial charge >= 0.3 is 0 Å². The number of rotatable bonds is 6. The second-order valence-corrected chi connectivity index (χ2v) is 4.95. The van der Waals surface area contributed by atoms with Gasteiger partial charge in [-0.1, -0.05) is 6.07 Å². The van der Waals surface area contributed by atoms with E-state index in [1.165, 1.54) is 12.3 Å². The van der Waals surface area contributed by atoms with Crippen molar-refractivity contribution in [2.75, 3.05) is 19.9 Å². The van der Waals surface area contributed by atoms with E-state index in [4.69, 9.17) is 13.9 Å². The zero-order valence-electron chi connectivity index (χ0n) is 12.3. The molecule has 120 valence electrons. The molecule has 23 heavy (non-hydrogen) atoms. The predicted octanol–water partition coefficient (Wildman–Crippen LogP) is 1.10. The van der Waals surface area contributed by atoms with Crippen LogP contribution in [0, 0.1) is 0 Å². The SMILES string of the molecule is O=C(CNC(=O)c1ccco1)NCCc1ccc2c(c1)OCO2. The number of benzene rings is 1. The van der Waals surface area contributed by atoms with Gasteiger partial charge in [-0.2, -0.15) is 0 Å². The minimum Gasteiger partial charge on any atom is -0.459 e. The highest BCUT2D eigenvalue weighted by Gasteiger charge is 2.13. The molecule has 0 bridgehead atoms. The number of hydrogen-bond acceptors (Lipinski definition) is 5. The van der Waals surface area contributed by atoms with Crippen LogP contribution in [0.3, 0.4) is 0 Å². The van der Waals surface area contributed by atoms with Gasteiger partial charge in [0.05, 0.1) is 12.8 Å². The minimum atomic E-state index is -0.416. The van der Waals surface area contributed by atoms with Crippen molar-refractivity contribution in [1.29, 1.82) is 0 Å². The Kier molecular flexibility index (Phi) is 4.46. The third-order valence-electron chi connectivity index (χ3n) is 3.33. The molecule has 0 spiro atoms. The molecule has 2 N–H and O–H groups in total. The molecule has 0 atom stereocenters. The average Bonchev–Trinajstić information content (AvgIpc) is 3.23. The average molecular weight is 316 g/mol. The molecule has 1 aromatic heterocycles. The molecular weight excluding hydrogens is 300 g/mol. The molecule has 1 aromatic carbocycles. The van der Waals surface area contributed by atoms with Crippen LogP contribution in [-0.4, -0.2) is 31.7 Å². The van der Waals surface area contributed by atoms with Crippen molar-refractivity contribution >= 4 is 11.8 Å². The molecule has 0 unspecified atom stereocenters. The maximum Gasteiger partial charge on any atom is 0.287 e. The first-order chi connectivity index (χ1) is 11.2. The summed E-state index contributed by atoms with van der Waals surface area (Å²) in [7, 11) is 0. The third kappa shape index (κ3) is 3.82. The van der Waals surface area contributed by atoms with Gasteiger partial charge in [-0.05, 0) is 36.2 Å². The van der Waals surface area contributed by atoms with Crippen molar-refractivity contribution in [3.8, 4) is 11.5 Å². The van der Waals surface area contributed by atoms with Crippen molar-refractivity contribution in [1.82, 2.24) is 10.6 Å². The van der Waals surface area contributed by atoms with E-state index >= 15 is 0 Å². The molecule has 2 heterocycles. The summed E-state index contributed by atoms with van der Waals surface area (Å²) < 4.78 is 15.5. The lowest BCUT2D eigenvalue weighted by Crippen LogP contribution is -2.37. The Morgan fingerprint density at radius 2 is 1.96 bits per heavy atom. The summed E-state index contributed by atoms with van der Waals surface area (Å²) in [5, 5.41) is 5.23. The van der Waals surface area contributed by atoms with E-state index in [0.717, 1.165) is 17.1 Å². The van der Waals surface area contributed by atoms with Crippen LogP contribution >= 0.6 is 0 Å². The first-order valence-corrected chi connectivity index (χ1v) is 7.19. The number of carbonyl (C=O) groups is 2. The largest absolute Gasteiger partial charge is 0.459 e. The van der Waals surface area contributed by atoms with Gasteiger partial charge in [-0.25, -0.2) is 0 Å². The van der Waals surface area contributed by atoms with E-state index in [2.05, 4.69) is 10.6 Å². The van der Waals surface area contributed by atoms with E-state index in [9.17, 15) is 9.59 Å². The first kappa shape index (κ1) is 15.0. The Bertz CT molecular complexity index is 697. The van der Waals surface area contributed by atoms with E-state index in [0.29, 0.717) is 13.0 Å². The van der Waals surface area contributed by atoms with Crippen LogP contribution < -0.4 is 20.1 Å². The van der Waals surface area contributed by atoms with E-state index < -0.39 is 5.91 Å². The summed E-state index contributed by atoms with van der Waals surface area (Å²) in [5.74, 6) is 0.961. The highest BCUT2D eigenvalue weighted by molar-refractivity contribution is 5.94. The highest BCUT2D eigenvalue weighted by atomic mass is 16.7. The number of amides is 2. The van der Waals surface area contributed by atoms with Gasteiger partial charge in [0.25, 0.3) is 5.91 Å². The van der Waals surface area contributed by atoms with E-state index in [1.54, 1.807) is 6.07 Å². The smallest absolute Gasteiger partial charge is 0.287 e. The lowest BCUT2D eigenvalue weighted by atomic mass is 10.1. The molecule has 7 nitrogen and oxygen atoms in total. The topological polar surface area (TPSA) is 89.8 Å². The number of furan rings is 1. The molecule has 2 aromatic rings. The van der Waals surface area contributed by atoms with Crippen LogP contribution in [0.1, 0.15) is 16.1 Å². The van der Waals surface area contributed by atoms with Gasteiger partial charge in [0.15, 0.2) is 17.3 Å². The van der Waals surface area contributed by atoms with E-state index in [1.807, 2.05) is 18.2 Å². The highest BCUT2D eigenvalue weighted by Crippen LogP contribution is 2.32. The van der Waals surface area contributed by atoms with Crippen molar-refractivity contribution in [3.05, 3.63) is 47.9 Å². The Morgan fingerprint density at radius 1 is 1.09 bits per heavy atom. The van der Waals surface area contributed by atoms with Crippen LogP contribution in [0.25, 0.3) is 0 Å². The molecule has 3 rings (SSSR count). The summed E-state index contributed by atoms with van der Waals surface area (Å²) in [4.78, 5) is 23.3. The van der Waals surface area contributed by atoms with Crippen LogP contribution in [0.2, 0.25) is 0 Å². The Morgan fingerprint density at radius 3 is 2.78 bits per heavy atom. The Hall–Kier alpha value is -2.96. The molecule has 0 saturated carbocycles. The van der Waals surface area contributed by atoms with E-state index in [-0.39, 0.29) is 25.0 Å². The molecule has 0 fully saturated rings. The van der Waals surface area contributed by atoms with Crippen molar-refractivity contribution in [2.45, 2.75) is 6.42 Å². The van der Waals surface area contributed by atoms with Crippen molar-refractivity contribution < 1.29 is 23.5 Å². The van der Waals surface area contributed by atoms with Gasteiger partial charge < -0.3 is 24.5 Å². The quantitative estimate of drug-likeness (QED) is 0.833. The maximum atomic E-state index is 11.7. The Labute approximate surface area is 132 Å². The standard InChI is InChI=1S/C16H16N2O5/c19-15(9-18-16(20)13-2-1-7-21-13)17-6-5-11-3-4-12-14(8-11)23-10-22-12/h1-4,7-8H,5-6,9-10H2,(H,17,19)(H,18,20). The van der Waals surface area contributed by atoms with Crippen LogP contribution in [0.5, 0.6) is 11.5 Å². The molecular formula is C16H16N2O5. The summed E-state index contributed by atoms with van der Waals surface area (Å²) in [6, 6.07) is 8.82. The fourth-order valence-corrected chi connectivity index (χ4v) is 2.16. The fourth-order valence-electron chi connectivity index (χ4n) is 2.16. The molecule has 1 aliphatic heterocycles. The number of ether oxygens (including phenoxy) is 2. The minimum absolute atomic E-state index is 0.0966. The van der Waals surface area contributed by atoms with Gasteiger partial charge in [0, 0.05) is 6.54 Å². The zero-order chi connectivity index (χ0) is 16.1. The number of hydrogen-bond donors (Lipinski definition) is 2. The molecule has 7 heteroatoms.